The molecule has 1 aromatic carbocycles. The number of ether oxygens (including phenoxy) is 1. The van der Waals surface area contributed by atoms with Gasteiger partial charge in [0.15, 0.2) is 6.61 Å². The summed E-state index contributed by atoms with van der Waals surface area (Å²) in [4.78, 5) is 25.0. The van der Waals surface area contributed by atoms with Crippen molar-refractivity contribution >= 4 is 33.4 Å². The predicted octanol–water partition coefficient (Wildman–Crippen LogP) is 2.75. The van der Waals surface area contributed by atoms with E-state index in [0.717, 1.165) is 21.5 Å². The standard InChI is InChI=1S/C18H19N3O3S/c1-3-19-16(22)11-24-18(23)15-9-14-12(2)20-21(17(14)25-15)10-13-7-5-4-6-8-13/h4-9H,3,10-11H2,1-2H3,(H,19,22). The van der Waals surface area contributed by atoms with Crippen LogP contribution in [0, 0.1) is 6.92 Å². The van der Waals surface area contributed by atoms with E-state index in [4.69, 9.17) is 4.74 Å². The number of aryl methyl sites for hydroxylation is 1. The zero-order chi connectivity index (χ0) is 17.8. The fraction of sp³-hybridized carbons (Fsp3) is 0.278. The number of thiophene rings is 1. The molecule has 3 rings (SSSR count). The lowest BCUT2D eigenvalue weighted by Gasteiger charge is -2.03. The number of carbonyl (C=O) groups is 2. The van der Waals surface area contributed by atoms with Gasteiger partial charge in [0, 0.05) is 11.9 Å². The average Bonchev–Trinajstić information content (AvgIpc) is 3.16. The summed E-state index contributed by atoms with van der Waals surface area (Å²) in [5.41, 5.74) is 2.01. The van der Waals surface area contributed by atoms with Gasteiger partial charge in [0.25, 0.3) is 5.91 Å². The van der Waals surface area contributed by atoms with Gasteiger partial charge in [-0.3, -0.25) is 9.48 Å². The average molecular weight is 357 g/mol. The Labute approximate surface area is 149 Å². The number of likely N-dealkylation sites (N-methyl/N-ethyl adjacent to an activating group) is 1. The van der Waals surface area contributed by atoms with Gasteiger partial charge in [0.1, 0.15) is 9.71 Å². The monoisotopic (exact) mass is 357 g/mol. The smallest absolute Gasteiger partial charge is 0.348 e. The minimum absolute atomic E-state index is 0.268. The first-order chi connectivity index (χ1) is 12.1. The molecule has 0 radical (unpaired) electrons. The Morgan fingerprint density at radius 1 is 1.28 bits per heavy atom. The number of hydrogen-bond acceptors (Lipinski definition) is 5. The Morgan fingerprint density at radius 3 is 2.76 bits per heavy atom. The summed E-state index contributed by atoms with van der Waals surface area (Å²) in [6.07, 6.45) is 0. The maximum Gasteiger partial charge on any atom is 0.348 e. The van der Waals surface area contributed by atoms with Crippen molar-refractivity contribution in [3.05, 3.63) is 52.5 Å². The highest BCUT2D eigenvalue weighted by Gasteiger charge is 2.18. The van der Waals surface area contributed by atoms with E-state index >= 15 is 0 Å². The van der Waals surface area contributed by atoms with Crippen molar-refractivity contribution in [3.8, 4) is 0 Å². The maximum atomic E-state index is 12.2. The molecule has 0 aliphatic rings. The van der Waals surface area contributed by atoms with Crippen molar-refractivity contribution in [1.29, 1.82) is 0 Å². The van der Waals surface area contributed by atoms with Gasteiger partial charge in [-0.15, -0.1) is 11.3 Å². The van der Waals surface area contributed by atoms with Crippen molar-refractivity contribution in [3.63, 3.8) is 0 Å². The summed E-state index contributed by atoms with van der Waals surface area (Å²) >= 11 is 1.33. The second-order valence-corrected chi connectivity index (χ2v) is 6.62. The lowest BCUT2D eigenvalue weighted by atomic mass is 10.2. The summed E-state index contributed by atoms with van der Waals surface area (Å²) in [7, 11) is 0. The van der Waals surface area contributed by atoms with Crippen molar-refractivity contribution < 1.29 is 14.3 Å². The number of esters is 1. The van der Waals surface area contributed by atoms with Gasteiger partial charge in [-0.25, -0.2) is 4.79 Å². The van der Waals surface area contributed by atoms with E-state index in [9.17, 15) is 9.59 Å². The molecular weight excluding hydrogens is 338 g/mol. The third-order valence-electron chi connectivity index (χ3n) is 3.69. The van der Waals surface area contributed by atoms with Crippen LogP contribution < -0.4 is 5.32 Å². The minimum Gasteiger partial charge on any atom is -0.451 e. The Morgan fingerprint density at radius 2 is 2.04 bits per heavy atom. The molecule has 0 aliphatic carbocycles. The highest BCUT2D eigenvalue weighted by atomic mass is 32.1. The van der Waals surface area contributed by atoms with Gasteiger partial charge in [-0.1, -0.05) is 30.3 Å². The highest BCUT2D eigenvalue weighted by Crippen LogP contribution is 2.29. The molecule has 0 bridgehead atoms. The molecule has 0 unspecified atom stereocenters. The first-order valence-corrected chi connectivity index (χ1v) is 8.85. The molecule has 2 aromatic heterocycles. The number of amides is 1. The van der Waals surface area contributed by atoms with Crippen LogP contribution in [-0.4, -0.2) is 34.8 Å². The van der Waals surface area contributed by atoms with Gasteiger partial charge in [-0.05, 0) is 25.5 Å². The lowest BCUT2D eigenvalue weighted by molar-refractivity contribution is -0.124. The molecule has 25 heavy (non-hydrogen) atoms. The number of rotatable bonds is 6. The second kappa shape index (κ2) is 7.48. The largest absolute Gasteiger partial charge is 0.451 e. The topological polar surface area (TPSA) is 73.2 Å². The van der Waals surface area contributed by atoms with Crippen LogP contribution in [0.3, 0.4) is 0 Å². The molecule has 3 aromatic rings. The van der Waals surface area contributed by atoms with Crippen LogP contribution in [0.15, 0.2) is 36.4 Å². The molecule has 1 amide bonds. The molecular formula is C18H19N3O3S. The number of nitrogens with zero attached hydrogens (tertiary/aromatic N) is 2. The number of benzene rings is 1. The van der Waals surface area contributed by atoms with E-state index in [0.29, 0.717) is 18.0 Å². The number of fused-ring (bicyclic) bond motifs is 1. The van der Waals surface area contributed by atoms with Crippen LogP contribution in [0.1, 0.15) is 27.9 Å². The maximum absolute atomic E-state index is 12.2. The molecule has 0 atom stereocenters. The summed E-state index contributed by atoms with van der Waals surface area (Å²) in [6, 6.07) is 11.8. The third kappa shape index (κ3) is 3.88. The van der Waals surface area contributed by atoms with E-state index in [2.05, 4.69) is 10.4 Å². The van der Waals surface area contributed by atoms with Crippen LogP contribution in [0.25, 0.3) is 10.2 Å². The number of carbonyl (C=O) groups excluding carboxylic acids is 2. The Balaban J connectivity index is 1.79. The fourth-order valence-electron chi connectivity index (χ4n) is 2.53. The quantitative estimate of drug-likeness (QED) is 0.689. The van der Waals surface area contributed by atoms with E-state index in [-0.39, 0.29) is 12.5 Å². The molecule has 0 saturated heterocycles. The van der Waals surface area contributed by atoms with E-state index in [1.165, 1.54) is 11.3 Å². The molecule has 1 N–H and O–H groups in total. The van der Waals surface area contributed by atoms with Crippen molar-refractivity contribution in [2.75, 3.05) is 13.2 Å². The van der Waals surface area contributed by atoms with E-state index in [1.807, 2.05) is 48.9 Å². The van der Waals surface area contributed by atoms with Gasteiger partial charge in [0.05, 0.1) is 12.2 Å². The fourth-order valence-corrected chi connectivity index (χ4v) is 3.58. The summed E-state index contributed by atoms with van der Waals surface area (Å²) < 4.78 is 6.96. The van der Waals surface area contributed by atoms with Gasteiger partial charge in [-0.2, -0.15) is 5.10 Å². The number of aromatic nitrogens is 2. The predicted molar refractivity (Wildman–Crippen MR) is 96.9 cm³/mol. The van der Waals surface area contributed by atoms with Crippen LogP contribution in [0.5, 0.6) is 0 Å². The second-order valence-electron chi connectivity index (χ2n) is 5.59. The lowest BCUT2D eigenvalue weighted by Crippen LogP contribution is -2.28. The zero-order valence-electron chi connectivity index (χ0n) is 14.1. The van der Waals surface area contributed by atoms with E-state index < -0.39 is 5.97 Å². The first-order valence-electron chi connectivity index (χ1n) is 8.03. The SMILES string of the molecule is CCNC(=O)COC(=O)c1cc2c(C)nn(Cc3ccccc3)c2s1. The van der Waals surface area contributed by atoms with Gasteiger partial charge in [0.2, 0.25) is 0 Å². The molecule has 0 spiro atoms. The molecule has 0 fully saturated rings. The Hall–Kier alpha value is -2.67. The zero-order valence-corrected chi connectivity index (χ0v) is 14.9. The van der Waals surface area contributed by atoms with Gasteiger partial charge < -0.3 is 10.1 Å². The number of nitrogens with one attached hydrogen (secondary N) is 1. The molecule has 130 valence electrons. The van der Waals surface area contributed by atoms with Crippen LogP contribution in [0.2, 0.25) is 0 Å². The van der Waals surface area contributed by atoms with Crippen LogP contribution in [0.4, 0.5) is 0 Å². The van der Waals surface area contributed by atoms with Crippen LogP contribution >= 0.6 is 11.3 Å². The van der Waals surface area contributed by atoms with E-state index in [1.54, 1.807) is 6.07 Å². The summed E-state index contributed by atoms with van der Waals surface area (Å²) in [5.74, 6) is -0.790. The number of hydrogen-bond donors (Lipinski definition) is 1. The minimum atomic E-state index is -0.488. The Kier molecular flexibility index (Phi) is 5.14. The van der Waals surface area contributed by atoms with Crippen molar-refractivity contribution in [1.82, 2.24) is 15.1 Å². The summed E-state index contributed by atoms with van der Waals surface area (Å²) in [5, 5.41) is 8.08. The molecule has 7 heteroatoms. The normalized spacial score (nSPS) is 10.8. The van der Waals surface area contributed by atoms with Crippen molar-refractivity contribution in [2.45, 2.75) is 20.4 Å². The highest BCUT2D eigenvalue weighted by molar-refractivity contribution is 7.20. The summed E-state index contributed by atoms with van der Waals surface area (Å²) in [6.45, 7) is 4.61. The molecule has 0 aliphatic heterocycles. The third-order valence-corrected chi connectivity index (χ3v) is 4.82. The first kappa shape index (κ1) is 17.2. The van der Waals surface area contributed by atoms with Gasteiger partial charge >= 0.3 is 5.97 Å². The molecule has 6 nitrogen and oxygen atoms in total. The van der Waals surface area contributed by atoms with Crippen LogP contribution in [-0.2, 0) is 16.1 Å². The Bertz CT molecular complexity index is 899. The van der Waals surface area contributed by atoms with Crippen molar-refractivity contribution in [2.24, 2.45) is 0 Å². The molecule has 2 heterocycles. The molecule has 0 saturated carbocycles.